The standard InChI is InChI=1S/C18H18N2O4S/c1-12-4-9-17(23-3)16(10-12)20-25(21,22)15-7-5-14(6-8-15)18-11-19-13(2)24-18/h4-11,20H,1-3H3. The number of oxazole rings is 1. The van der Waals surface area contributed by atoms with Crippen molar-refractivity contribution in [2.45, 2.75) is 18.7 Å². The Kier molecular flexibility index (Phi) is 4.50. The highest BCUT2D eigenvalue weighted by Gasteiger charge is 2.17. The Morgan fingerprint density at radius 1 is 1.08 bits per heavy atom. The minimum Gasteiger partial charge on any atom is -0.495 e. The average molecular weight is 358 g/mol. The van der Waals surface area contributed by atoms with E-state index in [1.165, 1.54) is 19.2 Å². The number of ether oxygens (including phenoxy) is 1. The van der Waals surface area contributed by atoms with Crippen molar-refractivity contribution in [1.82, 2.24) is 4.98 Å². The predicted octanol–water partition coefficient (Wildman–Crippen LogP) is 3.77. The molecule has 2 aromatic carbocycles. The number of aryl methyl sites for hydroxylation is 2. The van der Waals surface area contributed by atoms with Gasteiger partial charge in [-0.05, 0) is 48.9 Å². The number of hydrogen-bond acceptors (Lipinski definition) is 5. The first kappa shape index (κ1) is 17.0. The first-order valence-corrected chi connectivity index (χ1v) is 9.08. The second kappa shape index (κ2) is 6.60. The van der Waals surface area contributed by atoms with Gasteiger partial charge in [-0.3, -0.25) is 4.72 Å². The van der Waals surface area contributed by atoms with Crippen LogP contribution in [0.25, 0.3) is 11.3 Å². The van der Waals surface area contributed by atoms with Crippen LogP contribution in [0.2, 0.25) is 0 Å². The van der Waals surface area contributed by atoms with Crippen LogP contribution >= 0.6 is 0 Å². The molecule has 0 saturated carbocycles. The number of sulfonamides is 1. The summed E-state index contributed by atoms with van der Waals surface area (Å²) in [6, 6.07) is 11.7. The molecule has 0 spiro atoms. The number of hydrogen-bond donors (Lipinski definition) is 1. The van der Waals surface area contributed by atoms with Gasteiger partial charge in [-0.25, -0.2) is 13.4 Å². The molecule has 1 aromatic heterocycles. The van der Waals surface area contributed by atoms with Crippen molar-refractivity contribution < 1.29 is 17.6 Å². The molecular formula is C18H18N2O4S. The Labute approximate surface area is 146 Å². The lowest BCUT2D eigenvalue weighted by Crippen LogP contribution is -2.13. The summed E-state index contributed by atoms with van der Waals surface area (Å²) in [5, 5.41) is 0. The van der Waals surface area contributed by atoms with Gasteiger partial charge in [-0.2, -0.15) is 0 Å². The average Bonchev–Trinajstić information content (AvgIpc) is 3.01. The lowest BCUT2D eigenvalue weighted by molar-refractivity contribution is 0.417. The molecule has 7 heteroatoms. The zero-order valence-corrected chi connectivity index (χ0v) is 14.9. The summed E-state index contributed by atoms with van der Waals surface area (Å²) in [6.07, 6.45) is 1.61. The van der Waals surface area contributed by atoms with Crippen LogP contribution in [0, 0.1) is 13.8 Å². The highest BCUT2D eigenvalue weighted by Crippen LogP contribution is 2.28. The second-order valence-electron chi connectivity index (χ2n) is 5.58. The molecule has 0 bridgehead atoms. The Hall–Kier alpha value is -2.80. The van der Waals surface area contributed by atoms with E-state index in [2.05, 4.69) is 9.71 Å². The van der Waals surface area contributed by atoms with Crippen molar-refractivity contribution in [2.75, 3.05) is 11.8 Å². The summed E-state index contributed by atoms with van der Waals surface area (Å²) in [4.78, 5) is 4.19. The van der Waals surface area contributed by atoms with Gasteiger partial charge in [0.25, 0.3) is 10.0 Å². The van der Waals surface area contributed by atoms with Gasteiger partial charge in [0.15, 0.2) is 11.7 Å². The van der Waals surface area contributed by atoms with Gasteiger partial charge in [0.2, 0.25) is 0 Å². The summed E-state index contributed by atoms with van der Waals surface area (Å²) in [6.45, 7) is 3.63. The van der Waals surface area contributed by atoms with Gasteiger partial charge < -0.3 is 9.15 Å². The summed E-state index contributed by atoms with van der Waals surface area (Å²) in [7, 11) is -2.24. The highest BCUT2D eigenvalue weighted by atomic mass is 32.2. The molecule has 1 heterocycles. The molecule has 0 atom stereocenters. The van der Waals surface area contributed by atoms with Crippen molar-refractivity contribution in [1.29, 1.82) is 0 Å². The van der Waals surface area contributed by atoms with E-state index in [-0.39, 0.29) is 4.90 Å². The van der Waals surface area contributed by atoms with Gasteiger partial charge in [0.05, 0.1) is 23.9 Å². The Morgan fingerprint density at radius 2 is 1.80 bits per heavy atom. The van der Waals surface area contributed by atoms with Crippen LogP contribution in [0.4, 0.5) is 5.69 Å². The summed E-state index contributed by atoms with van der Waals surface area (Å²) < 4.78 is 38.5. The lowest BCUT2D eigenvalue weighted by atomic mass is 10.2. The molecular weight excluding hydrogens is 340 g/mol. The Morgan fingerprint density at radius 3 is 2.40 bits per heavy atom. The smallest absolute Gasteiger partial charge is 0.262 e. The maximum Gasteiger partial charge on any atom is 0.262 e. The van der Waals surface area contributed by atoms with Gasteiger partial charge >= 0.3 is 0 Å². The molecule has 6 nitrogen and oxygen atoms in total. The molecule has 0 fully saturated rings. The third-order valence-corrected chi connectivity index (χ3v) is 5.05. The van der Waals surface area contributed by atoms with E-state index >= 15 is 0 Å². The molecule has 3 aromatic rings. The largest absolute Gasteiger partial charge is 0.495 e. The quantitative estimate of drug-likeness (QED) is 0.751. The SMILES string of the molecule is COc1ccc(C)cc1NS(=O)(=O)c1ccc(-c2cnc(C)o2)cc1. The highest BCUT2D eigenvalue weighted by molar-refractivity contribution is 7.92. The molecule has 0 aliphatic carbocycles. The van der Waals surface area contributed by atoms with Crippen molar-refractivity contribution in [3.8, 4) is 17.1 Å². The molecule has 0 aliphatic rings. The third kappa shape index (κ3) is 3.66. The van der Waals surface area contributed by atoms with E-state index < -0.39 is 10.0 Å². The summed E-state index contributed by atoms with van der Waals surface area (Å²) >= 11 is 0. The van der Waals surface area contributed by atoms with Crippen molar-refractivity contribution in [2.24, 2.45) is 0 Å². The first-order valence-electron chi connectivity index (χ1n) is 7.59. The van der Waals surface area contributed by atoms with E-state index in [1.54, 1.807) is 37.4 Å². The van der Waals surface area contributed by atoms with Crippen LogP contribution in [0.1, 0.15) is 11.5 Å². The van der Waals surface area contributed by atoms with E-state index in [4.69, 9.17) is 9.15 Å². The third-order valence-electron chi connectivity index (χ3n) is 3.67. The summed E-state index contributed by atoms with van der Waals surface area (Å²) in [5.74, 6) is 1.61. The molecule has 130 valence electrons. The second-order valence-corrected chi connectivity index (χ2v) is 7.26. The number of anilines is 1. The normalized spacial score (nSPS) is 11.3. The maximum absolute atomic E-state index is 12.6. The van der Waals surface area contributed by atoms with Crippen LogP contribution in [0.15, 0.2) is 58.0 Å². The first-order chi connectivity index (χ1) is 11.9. The van der Waals surface area contributed by atoms with Crippen molar-refractivity contribution in [3.05, 3.63) is 60.1 Å². The zero-order valence-electron chi connectivity index (χ0n) is 14.1. The van der Waals surface area contributed by atoms with Crippen LogP contribution in [-0.2, 0) is 10.0 Å². The molecule has 3 rings (SSSR count). The number of aromatic nitrogens is 1. The number of nitrogens with one attached hydrogen (secondary N) is 1. The fraction of sp³-hybridized carbons (Fsp3) is 0.167. The van der Waals surface area contributed by atoms with Gasteiger partial charge in [0.1, 0.15) is 5.75 Å². The molecule has 0 aliphatic heterocycles. The van der Waals surface area contributed by atoms with Crippen molar-refractivity contribution >= 4 is 15.7 Å². The molecule has 0 saturated heterocycles. The number of rotatable bonds is 5. The van der Waals surface area contributed by atoms with Crippen LogP contribution in [0.5, 0.6) is 5.75 Å². The van der Waals surface area contributed by atoms with E-state index in [0.717, 1.165) is 11.1 Å². The monoisotopic (exact) mass is 358 g/mol. The fourth-order valence-corrected chi connectivity index (χ4v) is 3.46. The van der Waals surface area contributed by atoms with Gasteiger partial charge in [0, 0.05) is 12.5 Å². The molecule has 0 radical (unpaired) electrons. The molecule has 0 unspecified atom stereocenters. The zero-order chi connectivity index (χ0) is 18.0. The Bertz CT molecular complexity index is 992. The number of methoxy groups -OCH3 is 1. The predicted molar refractivity (Wildman–Crippen MR) is 95.2 cm³/mol. The van der Waals surface area contributed by atoms with Crippen molar-refractivity contribution in [3.63, 3.8) is 0 Å². The van der Waals surface area contributed by atoms with Crippen LogP contribution < -0.4 is 9.46 Å². The lowest BCUT2D eigenvalue weighted by Gasteiger charge is -2.12. The van der Waals surface area contributed by atoms with Crippen LogP contribution in [-0.4, -0.2) is 20.5 Å². The topological polar surface area (TPSA) is 81.4 Å². The molecule has 0 amide bonds. The van der Waals surface area contributed by atoms with E-state index in [0.29, 0.717) is 23.1 Å². The minimum absolute atomic E-state index is 0.149. The number of nitrogens with zero attached hydrogens (tertiary/aromatic N) is 1. The van der Waals surface area contributed by atoms with Gasteiger partial charge in [-0.15, -0.1) is 0 Å². The number of benzene rings is 2. The molecule has 1 N–H and O–H groups in total. The Balaban J connectivity index is 1.89. The van der Waals surface area contributed by atoms with E-state index in [1.807, 2.05) is 13.0 Å². The van der Waals surface area contributed by atoms with E-state index in [9.17, 15) is 8.42 Å². The fourth-order valence-electron chi connectivity index (χ4n) is 2.40. The van der Waals surface area contributed by atoms with Gasteiger partial charge in [-0.1, -0.05) is 6.07 Å². The maximum atomic E-state index is 12.6. The van der Waals surface area contributed by atoms with Crippen LogP contribution in [0.3, 0.4) is 0 Å². The minimum atomic E-state index is -3.73. The molecule has 25 heavy (non-hydrogen) atoms. The summed E-state index contributed by atoms with van der Waals surface area (Å²) in [5.41, 5.74) is 2.08.